The number of rotatable bonds is 8. The summed E-state index contributed by atoms with van der Waals surface area (Å²) in [6.45, 7) is 2.09. The number of benzene rings is 2. The Bertz CT molecular complexity index is 1760. The van der Waals surface area contributed by atoms with Crippen LogP contribution in [0.5, 0.6) is 0 Å². The molecule has 0 saturated carbocycles. The summed E-state index contributed by atoms with van der Waals surface area (Å²) in [6, 6.07) is 20.1. The van der Waals surface area contributed by atoms with Gasteiger partial charge in [-0.15, -0.1) is 21.5 Å². The van der Waals surface area contributed by atoms with Gasteiger partial charge in [-0.25, -0.2) is 9.78 Å². The van der Waals surface area contributed by atoms with Crippen molar-refractivity contribution in [2.24, 2.45) is 7.05 Å². The van der Waals surface area contributed by atoms with Gasteiger partial charge in [0, 0.05) is 28.4 Å². The SMILES string of the molecule is CCOC(=O)c1c(NC(=O)CSc2nnc(-c3cc(-c4ccccc4)nc4ccccc34)n2C)sc2c1CCCCC2. The molecule has 6 rings (SSSR count). The van der Waals surface area contributed by atoms with Crippen molar-refractivity contribution in [3.63, 3.8) is 0 Å². The van der Waals surface area contributed by atoms with E-state index in [0.29, 0.717) is 28.2 Å². The average Bonchev–Trinajstić information content (AvgIpc) is 3.45. The highest BCUT2D eigenvalue weighted by atomic mass is 32.2. The fraction of sp³-hybridized carbons (Fsp3) is 0.281. The predicted octanol–water partition coefficient (Wildman–Crippen LogP) is 6.94. The van der Waals surface area contributed by atoms with Crippen molar-refractivity contribution in [1.82, 2.24) is 19.7 Å². The van der Waals surface area contributed by atoms with Gasteiger partial charge in [-0.1, -0.05) is 66.7 Å². The van der Waals surface area contributed by atoms with Crippen LogP contribution in [0.15, 0.2) is 65.8 Å². The number of thiophene rings is 1. The lowest BCUT2D eigenvalue weighted by Gasteiger charge is -2.10. The number of nitrogens with zero attached hydrogens (tertiary/aromatic N) is 4. The maximum Gasteiger partial charge on any atom is 0.341 e. The normalized spacial score (nSPS) is 13.0. The van der Waals surface area contributed by atoms with Gasteiger partial charge in [0.1, 0.15) is 5.00 Å². The molecule has 0 atom stereocenters. The third-order valence-corrected chi connectivity index (χ3v) is 9.58. The highest BCUT2D eigenvalue weighted by Crippen LogP contribution is 2.38. The number of nitrogens with one attached hydrogen (secondary N) is 1. The second-order valence-electron chi connectivity index (χ2n) is 10.1. The lowest BCUT2D eigenvalue weighted by molar-refractivity contribution is -0.113. The number of para-hydroxylation sites is 1. The topological polar surface area (TPSA) is 99.0 Å². The van der Waals surface area contributed by atoms with Crippen LogP contribution in [0.4, 0.5) is 5.00 Å². The minimum absolute atomic E-state index is 0.128. The van der Waals surface area contributed by atoms with Crippen molar-refractivity contribution >= 4 is 50.9 Å². The molecule has 0 radical (unpaired) electrons. The molecule has 5 aromatic rings. The number of thioether (sulfide) groups is 1. The molecule has 0 aliphatic heterocycles. The largest absolute Gasteiger partial charge is 0.462 e. The molecule has 1 N–H and O–H groups in total. The summed E-state index contributed by atoms with van der Waals surface area (Å²) in [5.74, 6) is 0.258. The zero-order valence-corrected chi connectivity index (χ0v) is 25.2. The predicted molar refractivity (Wildman–Crippen MR) is 168 cm³/mol. The number of aryl methyl sites for hydroxylation is 1. The number of carbonyl (C=O) groups excluding carboxylic acids is 2. The Balaban J connectivity index is 1.23. The number of ether oxygens (including phenoxy) is 1. The van der Waals surface area contributed by atoms with Gasteiger partial charge in [0.05, 0.1) is 29.1 Å². The van der Waals surface area contributed by atoms with E-state index in [-0.39, 0.29) is 17.6 Å². The lowest BCUT2D eigenvalue weighted by atomic mass is 10.0. The molecule has 0 bridgehead atoms. The Labute approximate surface area is 252 Å². The number of amides is 1. The number of aromatic nitrogens is 4. The Morgan fingerprint density at radius 3 is 2.64 bits per heavy atom. The quantitative estimate of drug-likeness (QED) is 0.118. The van der Waals surface area contributed by atoms with Crippen LogP contribution >= 0.6 is 23.1 Å². The summed E-state index contributed by atoms with van der Waals surface area (Å²) in [4.78, 5) is 32.0. The molecular weight excluding hydrogens is 567 g/mol. The summed E-state index contributed by atoms with van der Waals surface area (Å²) in [6.07, 6.45) is 5.03. The minimum Gasteiger partial charge on any atom is -0.462 e. The zero-order valence-electron chi connectivity index (χ0n) is 23.6. The smallest absolute Gasteiger partial charge is 0.341 e. The molecule has 10 heteroatoms. The van der Waals surface area contributed by atoms with Crippen molar-refractivity contribution in [3.05, 3.63) is 76.7 Å². The van der Waals surface area contributed by atoms with Crippen LogP contribution in [0.25, 0.3) is 33.5 Å². The number of carbonyl (C=O) groups is 2. The van der Waals surface area contributed by atoms with Crippen LogP contribution in [0.2, 0.25) is 0 Å². The Kier molecular flexibility index (Phi) is 8.34. The summed E-state index contributed by atoms with van der Waals surface area (Å²) in [5, 5.41) is 14.1. The van der Waals surface area contributed by atoms with E-state index >= 15 is 0 Å². The van der Waals surface area contributed by atoms with Crippen molar-refractivity contribution < 1.29 is 14.3 Å². The van der Waals surface area contributed by atoms with E-state index in [0.717, 1.165) is 65.4 Å². The van der Waals surface area contributed by atoms with E-state index in [9.17, 15) is 9.59 Å². The molecular formula is C32H31N5O3S2. The molecule has 1 amide bonds. The van der Waals surface area contributed by atoms with Gasteiger partial charge in [-0.2, -0.15) is 0 Å². The van der Waals surface area contributed by atoms with Gasteiger partial charge in [0.25, 0.3) is 0 Å². The van der Waals surface area contributed by atoms with Crippen LogP contribution in [0.1, 0.15) is 47.0 Å². The molecule has 214 valence electrons. The monoisotopic (exact) mass is 597 g/mol. The Morgan fingerprint density at radius 2 is 1.81 bits per heavy atom. The van der Waals surface area contributed by atoms with Crippen LogP contribution < -0.4 is 5.32 Å². The standard InChI is InChI=1S/C32H31N5O3S2/c1-3-40-31(39)28-22-15-8-5-9-17-26(22)42-30(28)34-27(38)19-41-32-36-35-29(37(32)2)23-18-25(20-12-6-4-7-13-20)33-24-16-11-10-14-21(23)24/h4,6-7,10-14,16,18H,3,5,8-9,15,17,19H2,1-2H3,(H,34,38). The molecule has 0 unspecified atom stereocenters. The molecule has 0 fully saturated rings. The maximum absolute atomic E-state index is 13.1. The summed E-state index contributed by atoms with van der Waals surface area (Å²) < 4.78 is 7.27. The van der Waals surface area contributed by atoms with Gasteiger partial charge >= 0.3 is 5.97 Å². The minimum atomic E-state index is -0.364. The van der Waals surface area contributed by atoms with Gasteiger partial charge < -0.3 is 14.6 Å². The fourth-order valence-corrected chi connectivity index (χ4v) is 7.34. The van der Waals surface area contributed by atoms with Crippen molar-refractivity contribution in [3.8, 4) is 22.6 Å². The molecule has 0 saturated heterocycles. The van der Waals surface area contributed by atoms with Gasteiger partial charge in [0.15, 0.2) is 11.0 Å². The molecule has 2 aromatic carbocycles. The fourth-order valence-electron chi connectivity index (χ4n) is 5.34. The van der Waals surface area contributed by atoms with E-state index in [4.69, 9.17) is 9.72 Å². The number of pyridine rings is 1. The van der Waals surface area contributed by atoms with E-state index in [1.165, 1.54) is 28.0 Å². The Hall–Kier alpha value is -4.02. The van der Waals surface area contributed by atoms with Crippen molar-refractivity contribution in [2.75, 3.05) is 17.7 Å². The molecule has 1 aliphatic rings. The molecule has 42 heavy (non-hydrogen) atoms. The highest BCUT2D eigenvalue weighted by Gasteiger charge is 2.27. The van der Waals surface area contributed by atoms with Gasteiger partial charge in [-0.3, -0.25) is 4.79 Å². The maximum atomic E-state index is 13.1. The second-order valence-corrected chi connectivity index (χ2v) is 12.2. The number of esters is 1. The van der Waals surface area contributed by atoms with Crippen molar-refractivity contribution in [1.29, 1.82) is 0 Å². The van der Waals surface area contributed by atoms with E-state index in [1.807, 2.05) is 72.3 Å². The number of hydrogen-bond donors (Lipinski definition) is 1. The van der Waals surface area contributed by atoms with Crippen LogP contribution in [-0.4, -0.2) is 44.0 Å². The third kappa shape index (κ3) is 5.69. The highest BCUT2D eigenvalue weighted by molar-refractivity contribution is 7.99. The second kappa shape index (κ2) is 12.5. The van der Waals surface area contributed by atoms with E-state index < -0.39 is 0 Å². The number of hydrogen-bond acceptors (Lipinski definition) is 8. The zero-order chi connectivity index (χ0) is 29.1. The summed E-state index contributed by atoms with van der Waals surface area (Å²) >= 11 is 2.81. The van der Waals surface area contributed by atoms with E-state index in [1.54, 1.807) is 6.92 Å². The molecule has 3 aromatic heterocycles. The van der Waals surface area contributed by atoms with Crippen molar-refractivity contribution in [2.45, 2.75) is 44.2 Å². The average molecular weight is 598 g/mol. The van der Waals surface area contributed by atoms with E-state index in [2.05, 4.69) is 15.5 Å². The summed E-state index contributed by atoms with van der Waals surface area (Å²) in [5.41, 5.74) is 5.23. The first-order valence-corrected chi connectivity index (χ1v) is 15.9. The molecule has 3 heterocycles. The third-order valence-electron chi connectivity index (χ3n) is 7.35. The first-order chi connectivity index (χ1) is 20.5. The molecule has 1 aliphatic carbocycles. The van der Waals surface area contributed by atoms with Crippen LogP contribution in [-0.2, 0) is 29.4 Å². The summed E-state index contributed by atoms with van der Waals surface area (Å²) in [7, 11) is 1.90. The van der Waals surface area contributed by atoms with Crippen LogP contribution in [0, 0.1) is 0 Å². The van der Waals surface area contributed by atoms with Gasteiger partial charge in [-0.05, 0) is 50.3 Å². The number of anilines is 1. The van der Waals surface area contributed by atoms with Gasteiger partial charge in [0.2, 0.25) is 5.91 Å². The first kappa shape index (κ1) is 28.1. The first-order valence-electron chi connectivity index (χ1n) is 14.1. The van der Waals surface area contributed by atoms with Crippen LogP contribution in [0.3, 0.4) is 0 Å². The molecule has 0 spiro atoms. The lowest BCUT2D eigenvalue weighted by Crippen LogP contribution is -2.17. The number of fused-ring (bicyclic) bond motifs is 2. The molecule has 8 nitrogen and oxygen atoms in total. The Morgan fingerprint density at radius 1 is 1.02 bits per heavy atom.